The Bertz CT molecular complexity index is 1110. The monoisotopic (exact) mass is 662 g/mol. The van der Waals surface area contributed by atoms with Gasteiger partial charge in [0.25, 0.3) is 5.60 Å². The van der Waals surface area contributed by atoms with Crippen LogP contribution >= 0.6 is 0 Å². The molecule has 1 saturated heterocycles. The van der Waals surface area contributed by atoms with Crippen LogP contribution in [-0.4, -0.2) is 53.0 Å². The van der Waals surface area contributed by atoms with Crippen molar-refractivity contribution in [2.24, 2.45) is 58.7 Å². The van der Waals surface area contributed by atoms with Gasteiger partial charge in [0, 0.05) is 0 Å². The van der Waals surface area contributed by atoms with Gasteiger partial charge in [0.2, 0.25) is 0 Å². The molecular weight excluding hydrogens is 619 g/mol. The molecular formula is C32H43F9O4. The molecule has 0 amide bonds. The number of esters is 1. The molecule has 7 aliphatic rings. The molecule has 0 radical (unpaired) electrons. The van der Waals surface area contributed by atoms with E-state index in [0.717, 1.165) is 39.0 Å². The first-order chi connectivity index (χ1) is 20.6. The zero-order chi connectivity index (χ0) is 33.1. The smallest absolute Gasteiger partial charge is 0.426 e. The summed E-state index contributed by atoms with van der Waals surface area (Å²) in [6.07, 6.45) is -15.5. The number of halogens is 9. The van der Waals surface area contributed by atoms with Crippen molar-refractivity contribution in [1.82, 2.24) is 0 Å². The molecule has 7 fully saturated rings. The van der Waals surface area contributed by atoms with Crippen LogP contribution in [0.4, 0.5) is 39.5 Å². The second kappa shape index (κ2) is 10.6. The van der Waals surface area contributed by atoms with E-state index in [-0.39, 0.29) is 36.5 Å². The van der Waals surface area contributed by atoms with Crippen LogP contribution in [0.3, 0.4) is 0 Å². The van der Waals surface area contributed by atoms with E-state index >= 15 is 0 Å². The quantitative estimate of drug-likeness (QED) is 0.220. The number of fused-ring (bicyclic) bond motifs is 5. The van der Waals surface area contributed by atoms with Gasteiger partial charge in [-0.1, -0.05) is 13.8 Å². The molecule has 45 heavy (non-hydrogen) atoms. The molecule has 1 N–H and O–H groups in total. The number of alkyl halides is 9. The highest BCUT2D eigenvalue weighted by molar-refractivity contribution is 5.78. The van der Waals surface area contributed by atoms with Crippen molar-refractivity contribution in [3.63, 3.8) is 0 Å². The Labute approximate surface area is 257 Å². The molecule has 0 aromatic heterocycles. The van der Waals surface area contributed by atoms with Crippen molar-refractivity contribution in [2.75, 3.05) is 0 Å². The fourth-order valence-electron chi connectivity index (χ4n) is 11.0. The van der Waals surface area contributed by atoms with Gasteiger partial charge >= 0.3 is 24.5 Å². The molecule has 7 rings (SSSR count). The topological polar surface area (TPSA) is 55.8 Å². The fraction of sp³-hybridized carbons (Fsp3) is 0.969. The van der Waals surface area contributed by atoms with Crippen molar-refractivity contribution in [1.29, 1.82) is 0 Å². The third-order valence-corrected chi connectivity index (χ3v) is 13.4. The Kier molecular flexibility index (Phi) is 7.95. The summed E-state index contributed by atoms with van der Waals surface area (Å²) in [6.45, 7) is 4.40. The third kappa shape index (κ3) is 5.12. The highest BCUT2D eigenvalue weighted by Crippen LogP contribution is 2.63. The van der Waals surface area contributed by atoms with Crippen LogP contribution in [0.15, 0.2) is 0 Å². The first-order valence-electron chi connectivity index (χ1n) is 16.4. The number of hydrogen-bond acceptors (Lipinski definition) is 4. The molecule has 13 heteroatoms. The van der Waals surface area contributed by atoms with Gasteiger partial charge in [0.05, 0.1) is 12.2 Å². The van der Waals surface area contributed by atoms with E-state index < -0.39 is 83.9 Å². The average Bonchev–Trinajstić information content (AvgIpc) is 3.47. The average molecular weight is 663 g/mol. The van der Waals surface area contributed by atoms with Gasteiger partial charge in [-0.25, -0.2) is 0 Å². The Hall–Kier alpha value is -1.24. The minimum Gasteiger partial charge on any atom is -0.458 e. The Morgan fingerprint density at radius 3 is 1.84 bits per heavy atom. The minimum absolute atomic E-state index is 0.0174. The number of rotatable bonds is 7. The predicted octanol–water partition coefficient (Wildman–Crippen LogP) is 8.40. The number of carbonyl (C=O) groups excluding carboxylic acids is 1. The summed E-state index contributed by atoms with van der Waals surface area (Å²) in [7, 11) is 0. The van der Waals surface area contributed by atoms with E-state index in [4.69, 9.17) is 9.47 Å². The maximum absolute atomic E-state index is 14.9. The molecule has 6 bridgehead atoms. The third-order valence-electron chi connectivity index (χ3n) is 13.4. The standard InChI is InChI=1S/C32H43F9O4/c1-4-28(20-7-16-6-17(9-20)10-21(28)8-16)45-26(42)27(3,30(33,34)35)14-24-15(2)5-22-18-11-19(23(12-18)25(22)44-24)13-29(43,31(36,37)38)32(39,40)41/h15-25,43H,4-14H2,1-3H3. The summed E-state index contributed by atoms with van der Waals surface area (Å²) in [5, 5.41) is 9.85. The molecule has 4 nitrogen and oxygen atoms in total. The Balaban J connectivity index is 1.20. The molecule has 1 heterocycles. The number of hydrogen-bond donors (Lipinski definition) is 1. The fourth-order valence-corrected chi connectivity index (χ4v) is 11.0. The van der Waals surface area contributed by atoms with Crippen molar-refractivity contribution < 1.29 is 58.9 Å². The second-order valence-corrected chi connectivity index (χ2v) is 15.8. The summed E-state index contributed by atoms with van der Waals surface area (Å²) < 4.78 is 138. The maximum atomic E-state index is 14.9. The minimum atomic E-state index is -5.95. The van der Waals surface area contributed by atoms with E-state index in [1.807, 2.05) is 6.92 Å². The highest BCUT2D eigenvalue weighted by atomic mass is 19.4. The zero-order valence-corrected chi connectivity index (χ0v) is 25.7. The summed E-state index contributed by atoms with van der Waals surface area (Å²) in [4.78, 5) is 13.8. The normalized spacial score (nSPS) is 44.2. The molecule has 0 aromatic rings. The van der Waals surface area contributed by atoms with E-state index in [2.05, 4.69) is 0 Å². The molecule has 1 aliphatic heterocycles. The van der Waals surface area contributed by atoms with Crippen LogP contribution in [0.5, 0.6) is 0 Å². The molecule has 8 unspecified atom stereocenters. The maximum Gasteiger partial charge on any atom is 0.426 e. The summed E-state index contributed by atoms with van der Waals surface area (Å²) in [5.41, 5.74) is -8.76. The molecule has 6 saturated carbocycles. The lowest BCUT2D eigenvalue weighted by Gasteiger charge is -2.60. The molecule has 258 valence electrons. The van der Waals surface area contributed by atoms with Gasteiger partial charge in [-0.05, 0) is 131 Å². The Morgan fingerprint density at radius 1 is 0.800 bits per heavy atom. The molecule has 8 atom stereocenters. The lowest BCUT2D eigenvalue weighted by Crippen LogP contribution is -2.61. The van der Waals surface area contributed by atoms with Crippen molar-refractivity contribution in [2.45, 2.75) is 133 Å². The number of carbonyl (C=O) groups is 1. The number of aliphatic hydroxyl groups is 1. The van der Waals surface area contributed by atoms with Crippen LogP contribution in [-0.2, 0) is 14.3 Å². The Morgan fingerprint density at radius 2 is 1.36 bits per heavy atom. The van der Waals surface area contributed by atoms with Crippen LogP contribution < -0.4 is 0 Å². The van der Waals surface area contributed by atoms with Crippen LogP contribution in [0.2, 0.25) is 0 Å². The van der Waals surface area contributed by atoms with Crippen LogP contribution in [0.1, 0.15) is 91.4 Å². The van der Waals surface area contributed by atoms with Crippen LogP contribution in [0, 0.1) is 58.7 Å². The van der Waals surface area contributed by atoms with Gasteiger partial charge < -0.3 is 14.6 Å². The lowest BCUT2D eigenvalue weighted by molar-refractivity contribution is -0.374. The van der Waals surface area contributed by atoms with E-state index in [1.165, 1.54) is 0 Å². The van der Waals surface area contributed by atoms with E-state index in [1.54, 1.807) is 6.92 Å². The highest BCUT2D eigenvalue weighted by Gasteiger charge is 2.72. The molecule has 6 aliphatic carbocycles. The summed E-state index contributed by atoms with van der Waals surface area (Å²) in [5.74, 6) is -3.12. The zero-order valence-electron chi connectivity index (χ0n) is 25.7. The molecule has 0 spiro atoms. The van der Waals surface area contributed by atoms with Gasteiger partial charge in [0.1, 0.15) is 5.60 Å². The summed E-state index contributed by atoms with van der Waals surface area (Å²) >= 11 is 0. The molecule has 0 aromatic carbocycles. The first kappa shape index (κ1) is 33.7. The van der Waals surface area contributed by atoms with Gasteiger partial charge in [-0.3, -0.25) is 4.79 Å². The van der Waals surface area contributed by atoms with Gasteiger partial charge in [-0.2, -0.15) is 39.5 Å². The summed E-state index contributed by atoms with van der Waals surface area (Å²) in [6, 6.07) is 0. The van der Waals surface area contributed by atoms with Crippen molar-refractivity contribution in [3.05, 3.63) is 0 Å². The van der Waals surface area contributed by atoms with Crippen LogP contribution in [0.25, 0.3) is 0 Å². The lowest BCUT2D eigenvalue weighted by atomic mass is 9.49. The van der Waals surface area contributed by atoms with Crippen molar-refractivity contribution in [3.8, 4) is 0 Å². The number of ether oxygens (including phenoxy) is 2. The predicted molar refractivity (Wildman–Crippen MR) is 142 cm³/mol. The van der Waals surface area contributed by atoms with Crippen molar-refractivity contribution >= 4 is 5.97 Å². The van der Waals surface area contributed by atoms with E-state index in [0.29, 0.717) is 24.7 Å². The largest absolute Gasteiger partial charge is 0.458 e. The SMILES string of the molecule is CCC1(OC(=O)C(C)(CC2OC3C(CC2C)C2CC(CC(O)(C(F)(F)F)C(F)(F)F)C3C2)C(F)(F)F)C2CC3CC(C2)CC1C3. The second-order valence-electron chi connectivity index (χ2n) is 15.8. The van der Waals surface area contributed by atoms with Gasteiger partial charge in [0.15, 0.2) is 5.41 Å². The first-order valence-corrected chi connectivity index (χ1v) is 16.4. The van der Waals surface area contributed by atoms with Gasteiger partial charge in [-0.15, -0.1) is 0 Å². The van der Waals surface area contributed by atoms with E-state index in [9.17, 15) is 49.4 Å².